The maximum absolute atomic E-state index is 12.1. The summed E-state index contributed by atoms with van der Waals surface area (Å²) in [6.45, 7) is 3.88. The fourth-order valence-electron chi connectivity index (χ4n) is 2.60. The predicted octanol–water partition coefficient (Wildman–Crippen LogP) is 1.79. The van der Waals surface area contributed by atoms with Crippen molar-refractivity contribution in [1.29, 1.82) is 0 Å². The molecule has 0 saturated carbocycles. The molecule has 0 fully saturated rings. The van der Waals surface area contributed by atoms with Gasteiger partial charge in [-0.25, -0.2) is 9.59 Å². The van der Waals surface area contributed by atoms with Crippen LogP contribution in [-0.2, 0) is 25.6 Å². The van der Waals surface area contributed by atoms with Gasteiger partial charge >= 0.3 is 11.9 Å². The van der Waals surface area contributed by atoms with E-state index in [-0.39, 0.29) is 11.5 Å². The van der Waals surface area contributed by atoms with Crippen LogP contribution in [0.1, 0.15) is 36.2 Å². The number of esters is 2. The monoisotopic (exact) mass is 387 g/mol. The Kier molecular flexibility index (Phi) is 7.74. The molecule has 0 radical (unpaired) electrons. The SMILES string of the molecule is COC(=O)C(CC(C)C)NC(=O)COC(=O)c1cnn(Cc2ccccc2)c1. The van der Waals surface area contributed by atoms with Gasteiger partial charge in [-0.1, -0.05) is 44.2 Å². The highest BCUT2D eigenvalue weighted by molar-refractivity contribution is 5.91. The number of carbonyl (C=O) groups excluding carboxylic acids is 3. The first-order chi connectivity index (χ1) is 13.4. The minimum absolute atomic E-state index is 0.183. The summed E-state index contributed by atoms with van der Waals surface area (Å²) in [4.78, 5) is 35.9. The van der Waals surface area contributed by atoms with E-state index in [0.717, 1.165) is 5.56 Å². The molecule has 0 aliphatic rings. The van der Waals surface area contributed by atoms with Crippen LogP contribution in [0.2, 0.25) is 0 Å². The Hall–Kier alpha value is -3.16. The van der Waals surface area contributed by atoms with Crippen molar-refractivity contribution in [1.82, 2.24) is 15.1 Å². The van der Waals surface area contributed by atoms with Crippen LogP contribution in [0.3, 0.4) is 0 Å². The normalized spacial score (nSPS) is 11.7. The van der Waals surface area contributed by atoms with E-state index in [0.29, 0.717) is 13.0 Å². The van der Waals surface area contributed by atoms with Crippen molar-refractivity contribution < 1.29 is 23.9 Å². The molecule has 2 aromatic rings. The molecule has 2 rings (SSSR count). The van der Waals surface area contributed by atoms with Crippen LogP contribution in [0.25, 0.3) is 0 Å². The molecule has 0 saturated heterocycles. The summed E-state index contributed by atoms with van der Waals surface area (Å²) in [7, 11) is 1.26. The van der Waals surface area contributed by atoms with E-state index in [4.69, 9.17) is 4.74 Å². The molecule has 8 nitrogen and oxygen atoms in total. The molecule has 8 heteroatoms. The van der Waals surface area contributed by atoms with Crippen LogP contribution < -0.4 is 5.32 Å². The Morgan fingerprint density at radius 3 is 2.54 bits per heavy atom. The first-order valence-corrected chi connectivity index (χ1v) is 8.99. The van der Waals surface area contributed by atoms with E-state index in [1.54, 1.807) is 10.9 Å². The van der Waals surface area contributed by atoms with Crippen molar-refractivity contribution in [3.05, 3.63) is 53.9 Å². The topological polar surface area (TPSA) is 99.5 Å². The zero-order valence-electron chi connectivity index (χ0n) is 16.3. The lowest BCUT2D eigenvalue weighted by Crippen LogP contribution is -2.44. The number of carbonyl (C=O) groups is 3. The second-order valence-electron chi connectivity index (χ2n) is 6.76. The number of hydrogen-bond donors (Lipinski definition) is 1. The molecule has 1 aromatic carbocycles. The Labute approximate surface area is 163 Å². The van der Waals surface area contributed by atoms with Gasteiger partial charge in [0.2, 0.25) is 0 Å². The van der Waals surface area contributed by atoms with Crippen molar-refractivity contribution in [2.24, 2.45) is 5.92 Å². The first-order valence-electron chi connectivity index (χ1n) is 8.99. The average molecular weight is 387 g/mol. The quantitative estimate of drug-likeness (QED) is 0.659. The van der Waals surface area contributed by atoms with Crippen molar-refractivity contribution in [2.45, 2.75) is 32.9 Å². The number of ether oxygens (including phenoxy) is 2. The van der Waals surface area contributed by atoms with Gasteiger partial charge in [-0.3, -0.25) is 9.48 Å². The van der Waals surface area contributed by atoms with E-state index in [2.05, 4.69) is 15.2 Å². The standard InChI is InChI=1S/C20H25N3O5/c1-14(2)9-17(20(26)27-3)22-18(24)13-28-19(25)16-10-21-23(12-16)11-15-7-5-4-6-8-15/h4-8,10,12,14,17H,9,11,13H2,1-3H3,(H,22,24). The number of benzene rings is 1. The number of methoxy groups -OCH3 is 1. The predicted molar refractivity (Wildman–Crippen MR) is 101 cm³/mol. The Morgan fingerprint density at radius 1 is 1.18 bits per heavy atom. The van der Waals surface area contributed by atoms with Crippen LogP contribution in [0.15, 0.2) is 42.7 Å². The Morgan fingerprint density at radius 2 is 1.89 bits per heavy atom. The molecule has 0 bridgehead atoms. The third-order valence-corrected chi connectivity index (χ3v) is 3.92. The number of aromatic nitrogens is 2. The summed E-state index contributed by atoms with van der Waals surface area (Å²) in [6.07, 6.45) is 3.38. The van der Waals surface area contributed by atoms with Crippen molar-refractivity contribution in [3.63, 3.8) is 0 Å². The second-order valence-corrected chi connectivity index (χ2v) is 6.76. The number of amides is 1. The summed E-state index contributed by atoms with van der Waals surface area (Å²) >= 11 is 0. The zero-order valence-corrected chi connectivity index (χ0v) is 16.3. The van der Waals surface area contributed by atoms with Gasteiger partial charge in [0, 0.05) is 6.20 Å². The molecule has 0 aliphatic carbocycles. The van der Waals surface area contributed by atoms with Gasteiger partial charge in [-0.15, -0.1) is 0 Å². The molecule has 0 spiro atoms. The van der Waals surface area contributed by atoms with Crippen molar-refractivity contribution in [2.75, 3.05) is 13.7 Å². The third kappa shape index (κ3) is 6.53. The summed E-state index contributed by atoms with van der Waals surface area (Å²) < 4.78 is 11.3. The van der Waals surface area contributed by atoms with E-state index < -0.39 is 30.5 Å². The highest BCUT2D eigenvalue weighted by Gasteiger charge is 2.23. The summed E-state index contributed by atoms with van der Waals surface area (Å²) in [6, 6.07) is 8.91. The van der Waals surface area contributed by atoms with Gasteiger partial charge in [0.15, 0.2) is 6.61 Å². The number of nitrogens with zero attached hydrogens (tertiary/aromatic N) is 2. The highest BCUT2D eigenvalue weighted by atomic mass is 16.5. The van der Waals surface area contributed by atoms with E-state index >= 15 is 0 Å². The third-order valence-electron chi connectivity index (χ3n) is 3.92. The lowest BCUT2D eigenvalue weighted by atomic mass is 10.0. The average Bonchev–Trinajstić information content (AvgIpc) is 3.14. The van der Waals surface area contributed by atoms with Gasteiger partial charge in [0.1, 0.15) is 6.04 Å². The van der Waals surface area contributed by atoms with Gasteiger partial charge in [-0.05, 0) is 17.9 Å². The maximum Gasteiger partial charge on any atom is 0.341 e. The summed E-state index contributed by atoms with van der Waals surface area (Å²) in [5.41, 5.74) is 1.29. The van der Waals surface area contributed by atoms with Gasteiger partial charge in [0.05, 0.1) is 25.4 Å². The molecule has 150 valence electrons. The van der Waals surface area contributed by atoms with Crippen LogP contribution in [0, 0.1) is 5.92 Å². The molecule has 1 unspecified atom stereocenters. The molecule has 1 heterocycles. The molecular weight excluding hydrogens is 362 g/mol. The van der Waals surface area contributed by atoms with Crippen LogP contribution in [0.4, 0.5) is 0 Å². The molecule has 1 aromatic heterocycles. The van der Waals surface area contributed by atoms with Gasteiger partial charge in [-0.2, -0.15) is 5.10 Å². The Bertz CT molecular complexity index is 801. The fraction of sp³-hybridized carbons (Fsp3) is 0.400. The number of rotatable bonds is 9. The molecule has 1 amide bonds. The first kappa shape index (κ1) is 21.1. The Balaban J connectivity index is 1.85. The van der Waals surface area contributed by atoms with Crippen LogP contribution in [-0.4, -0.2) is 47.4 Å². The molecule has 0 aliphatic heterocycles. The lowest BCUT2D eigenvalue weighted by molar-refractivity contribution is -0.145. The summed E-state index contributed by atoms with van der Waals surface area (Å²) in [5.74, 6) is -1.58. The smallest absolute Gasteiger partial charge is 0.341 e. The van der Waals surface area contributed by atoms with E-state index in [1.165, 1.54) is 13.3 Å². The molecule has 1 N–H and O–H groups in total. The van der Waals surface area contributed by atoms with Gasteiger partial charge < -0.3 is 14.8 Å². The molecule has 28 heavy (non-hydrogen) atoms. The second kappa shape index (κ2) is 10.2. The van der Waals surface area contributed by atoms with E-state index in [9.17, 15) is 14.4 Å². The van der Waals surface area contributed by atoms with Crippen molar-refractivity contribution in [3.8, 4) is 0 Å². The highest BCUT2D eigenvalue weighted by Crippen LogP contribution is 2.07. The number of hydrogen-bond acceptors (Lipinski definition) is 6. The lowest BCUT2D eigenvalue weighted by Gasteiger charge is -2.18. The minimum atomic E-state index is -0.773. The van der Waals surface area contributed by atoms with Crippen LogP contribution >= 0.6 is 0 Å². The zero-order chi connectivity index (χ0) is 20.5. The van der Waals surface area contributed by atoms with E-state index in [1.807, 2.05) is 44.2 Å². The van der Waals surface area contributed by atoms with Crippen LogP contribution in [0.5, 0.6) is 0 Å². The minimum Gasteiger partial charge on any atom is -0.467 e. The molecular formula is C20H25N3O5. The fourth-order valence-corrected chi connectivity index (χ4v) is 2.60. The largest absolute Gasteiger partial charge is 0.467 e. The number of nitrogens with one attached hydrogen (secondary N) is 1. The maximum atomic E-state index is 12.1. The van der Waals surface area contributed by atoms with Gasteiger partial charge in [0.25, 0.3) is 5.91 Å². The molecule has 1 atom stereocenters. The van der Waals surface area contributed by atoms with Crippen molar-refractivity contribution >= 4 is 17.8 Å². The summed E-state index contributed by atoms with van der Waals surface area (Å²) in [5, 5.41) is 6.66.